The van der Waals surface area contributed by atoms with Crippen molar-refractivity contribution in [3.05, 3.63) is 47.0 Å². The fourth-order valence-electron chi connectivity index (χ4n) is 4.97. The predicted molar refractivity (Wildman–Crippen MR) is 125 cm³/mol. The number of anilines is 2. The molecular weight excluding hydrogens is 404 g/mol. The van der Waals surface area contributed by atoms with Crippen LogP contribution in [0.1, 0.15) is 0 Å². The van der Waals surface area contributed by atoms with E-state index in [4.69, 9.17) is 9.72 Å². The normalized spacial score (nSPS) is 20.4. The SMILES string of the molecule is CN1CCN(c2ccc(-c3cc4ncn(C)c(=O)c4c(N4CC5(COC5)C4)n3)cc2)CC1. The van der Waals surface area contributed by atoms with Crippen LogP contribution < -0.4 is 15.4 Å². The molecule has 0 amide bonds. The van der Waals surface area contributed by atoms with E-state index in [0.29, 0.717) is 10.9 Å². The molecule has 6 rings (SSSR count). The second kappa shape index (κ2) is 7.28. The van der Waals surface area contributed by atoms with Gasteiger partial charge in [0.15, 0.2) is 0 Å². The molecule has 3 aromatic rings. The van der Waals surface area contributed by atoms with Crippen LogP contribution in [0.15, 0.2) is 41.5 Å². The Balaban J connectivity index is 1.36. The molecule has 2 aromatic heterocycles. The summed E-state index contributed by atoms with van der Waals surface area (Å²) in [6, 6.07) is 10.5. The summed E-state index contributed by atoms with van der Waals surface area (Å²) in [4.78, 5) is 29.5. The lowest BCUT2D eigenvalue weighted by molar-refractivity contribution is -0.127. The maximum Gasteiger partial charge on any atom is 0.264 e. The molecule has 5 heterocycles. The number of aryl methyl sites for hydroxylation is 1. The predicted octanol–water partition coefficient (Wildman–Crippen LogP) is 1.58. The Morgan fingerprint density at radius 2 is 1.69 bits per heavy atom. The van der Waals surface area contributed by atoms with E-state index in [2.05, 4.69) is 51.0 Å². The Morgan fingerprint density at radius 3 is 2.34 bits per heavy atom. The van der Waals surface area contributed by atoms with Crippen LogP contribution in [0.5, 0.6) is 0 Å². The van der Waals surface area contributed by atoms with Gasteiger partial charge < -0.3 is 24.0 Å². The fourth-order valence-corrected chi connectivity index (χ4v) is 4.97. The summed E-state index contributed by atoms with van der Waals surface area (Å²) in [5.41, 5.74) is 4.01. The zero-order valence-corrected chi connectivity index (χ0v) is 18.6. The molecule has 0 bridgehead atoms. The summed E-state index contributed by atoms with van der Waals surface area (Å²) in [5, 5.41) is 0.600. The van der Waals surface area contributed by atoms with Crippen molar-refractivity contribution in [3.8, 4) is 11.3 Å². The molecule has 0 atom stereocenters. The Morgan fingerprint density at radius 1 is 0.969 bits per heavy atom. The van der Waals surface area contributed by atoms with Crippen molar-refractivity contribution < 1.29 is 4.74 Å². The van der Waals surface area contributed by atoms with Crippen LogP contribution in [0, 0.1) is 5.41 Å². The highest BCUT2D eigenvalue weighted by molar-refractivity contribution is 5.92. The first-order valence-electron chi connectivity index (χ1n) is 11.2. The van der Waals surface area contributed by atoms with Crippen LogP contribution in [0.2, 0.25) is 0 Å². The largest absolute Gasteiger partial charge is 0.380 e. The Bertz CT molecular complexity index is 1220. The number of pyridine rings is 1. The average molecular weight is 433 g/mol. The standard InChI is InChI=1S/C24H28N6O2/c1-27-7-9-29(10-8-27)18-5-3-17(4-6-18)19-11-20-21(23(31)28(2)16-25-20)22(26-19)30-12-24(13-30)14-32-15-24/h3-6,11,16H,7-10,12-15H2,1-2H3. The highest BCUT2D eigenvalue weighted by Gasteiger charge is 2.50. The van der Waals surface area contributed by atoms with E-state index in [1.54, 1.807) is 13.4 Å². The fraction of sp³-hybridized carbons (Fsp3) is 0.458. The minimum Gasteiger partial charge on any atom is -0.380 e. The third-order valence-electron chi connectivity index (χ3n) is 7.08. The Labute approximate surface area is 187 Å². The lowest BCUT2D eigenvalue weighted by Gasteiger charge is -2.55. The molecule has 0 radical (unpaired) electrons. The van der Waals surface area contributed by atoms with Gasteiger partial charge in [0.05, 0.1) is 36.2 Å². The highest BCUT2D eigenvalue weighted by Crippen LogP contribution is 2.41. The van der Waals surface area contributed by atoms with Crippen LogP contribution in [0.3, 0.4) is 0 Å². The van der Waals surface area contributed by atoms with Crippen LogP contribution >= 0.6 is 0 Å². The first-order chi connectivity index (χ1) is 15.5. The van der Waals surface area contributed by atoms with Gasteiger partial charge in [-0.05, 0) is 25.2 Å². The molecule has 3 aliphatic rings. The quantitative estimate of drug-likeness (QED) is 0.623. The van der Waals surface area contributed by atoms with E-state index >= 15 is 0 Å². The third-order valence-corrected chi connectivity index (χ3v) is 7.08. The van der Waals surface area contributed by atoms with Crippen molar-refractivity contribution in [3.63, 3.8) is 0 Å². The van der Waals surface area contributed by atoms with Gasteiger partial charge in [-0.2, -0.15) is 0 Å². The molecule has 3 fully saturated rings. The number of rotatable bonds is 3. The van der Waals surface area contributed by atoms with Crippen molar-refractivity contribution in [1.82, 2.24) is 19.4 Å². The second-order valence-electron chi connectivity index (χ2n) is 9.57. The first kappa shape index (κ1) is 19.7. The number of piperazine rings is 1. The van der Waals surface area contributed by atoms with Gasteiger partial charge in [0, 0.05) is 57.6 Å². The summed E-state index contributed by atoms with van der Waals surface area (Å²) in [6.07, 6.45) is 1.59. The van der Waals surface area contributed by atoms with Gasteiger partial charge in [-0.15, -0.1) is 0 Å². The monoisotopic (exact) mass is 432 g/mol. The summed E-state index contributed by atoms with van der Waals surface area (Å²) in [6.45, 7) is 7.60. The van der Waals surface area contributed by atoms with E-state index < -0.39 is 0 Å². The van der Waals surface area contributed by atoms with Gasteiger partial charge in [0.25, 0.3) is 5.56 Å². The molecule has 3 saturated heterocycles. The van der Waals surface area contributed by atoms with Gasteiger partial charge in [-0.3, -0.25) is 4.79 Å². The molecule has 8 heteroatoms. The third kappa shape index (κ3) is 3.17. The topological polar surface area (TPSA) is 66.7 Å². The molecule has 0 unspecified atom stereocenters. The van der Waals surface area contributed by atoms with Crippen molar-refractivity contribution in [2.24, 2.45) is 12.5 Å². The maximum absolute atomic E-state index is 13.0. The molecule has 8 nitrogen and oxygen atoms in total. The zero-order chi connectivity index (χ0) is 21.9. The highest BCUT2D eigenvalue weighted by atomic mass is 16.5. The van der Waals surface area contributed by atoms with Crippen molar-refractivity contribution in [2.75, 3.05) is 69.3 Å². The van der Waals surface area contributed by atoms with Crippen LogP contribution in [-0.2, 0) is 11.8 Å². The lowest BCUT2D eigenvalue weighted by Crippen LogP contribution is -2.66. The zero-order valence-electron chi connectivity index (χ0n) is 18.6. The number of nitrogens with zero attached hydrogens (tertiary/aromatic N) is 6. The number of hydrogen-bond donors (Lipinski definition) is 0. The summed E-state index contributed by atoms with van der Waals surface area (Å²) in [5.74, 6) is 0.742. The van der Waals surface area contributed by atoms with Crippen LogP contribution in [0.4, 0.5) is 11.5 Å². The van der Waals surface area contributed by atoms with E-state index in [9.17, 15) is 4.79 Å². The molecule has 166 valence electrons. The number of aromatic nitrogens is 3. The first-order valence-corrected chi connectivity index (χ1v) is 11.2. The molecule has 1 aromatic carbocycles. The number of likely N-dealkylation sites (N-methyl/N-ethyl adjacent to an activating group) is 1. The average Bonchev–Trinajstić information content (AvgIpc) is 2.75. The minimum absolute atomic E-state index is 0.0553. The van der Waals surface area contributed by atoms with Crippen molar-refractivity contribution >= 4 is 22.4 Å². The maximum atomic E-state index is 13.0. The minimum atomic E-state index is -0.0553. The molecule has 32 heavy (non-hydrogen) atoms. The number of fused-ring (bicyclic) bond motifs is 1. The van der Waals surface area contributed by atoms with Crippen molar-refractivity contribution in [1.29, 1.82) is 0 Å². The molecule has 0 N–H and O–H groups in total. The van der Waals surface area contributed by atoms with Crippen LogP contribution in [0.25, 0.3) is 22.2 Å². The Kier molecular flexibility index (Phi) is 4.48. The second-order valence-corrected chi connectivity index (χ2v) is 9.57. The van der Waals surface area contributed by atoms with Gasteiger partial charge >= 0.3 is 0 Å². The summed E-state index contributed by atoms with van der Waals surface area (Å²) >= 11 is 0. The van der Waals surface area contributed by atoms with Gasteiger partial charge in [0.2, 0.25) is 0 Å². The molecule has 0 saturated carbocycles. The number of benzene rings is 1. The van der Waals surface area contributed by atoms with E-state index in [1.807, 2.05) is 6.07 Å². The van der Waals surface area contributed by atoms with Crippen molar-refractivity contribution in [2.45, 2.75) is 0 Å². The van der Waals surface area contributed by atoms with Crippen LogP contribution in [-0.4, -0.2) is 79.0 Å². The van der Waals surface area contributed by atoms with E-state index in [-0.39, 0.29) is 11.0 Å². The number of hydrogen-bond acceptors (Lipinski definition) is 7. The van der Waals surface area contributed by atoms with Gasteiger partial charge in [0.1, 0.15) is 11.2 Å². The van der Waals surface area contributed by atoms with E-state index in [1.165, 1.54) is 10.3 Å². The van der Waals surface area contributed by atoms with E-state index in [0.717, 1.165) is 69.6 Å². The van der Waals surface area contributed by atoms with Gasteiger partial charge in [-0.25, -0.2) is 9.97 Å². The van der Waals surface area contributed by atoms with Gasteiger partial charge in [-0.1, -0.05) is 12.1 Å². The smallest absolute Gasteiger partial charge is 0.264 e. The summed E-state index contributed by atoms with van der Waals surface area (Å²) < 4.78 is 6.95. The lowest BCUT2D eigenvalue weighted by atomic mass is 9.78. The molecule has 0 aliphatic carbocycles. The Hall–Kier alpha value is -2.97. The molecular formula is C24H28N6O2. The number of ether oxygens (including phenoxy) is 1. The molecule has 3 aliphatic heterocycles. The summed E-state index contributed by atoms with van der Waals surface area (Å²) in [7, 11) is 3.91. The molecule has 1 spiro atoms.